The summed E-state index contributed by atoms with van der Waals surface area (Å²) in [5, 5.41) is 23.2. The molecular formula is C13H14N4O3. The van der Waals surface area contributed by atoms with Crippen molar-refractivity contribution in [1.82, 2.24) is 0 Å². The van der Waals surface area contributed by atoms with E-state index >= 15 is 0 Å². The second-order valence-corrected chi connectivity index (χ2v) is 5.11. The van der Waals surface area contributed by atoms with Gasteiger partial charge in [0.2, 0.25) is 0 Å². The summed E-state index contributed by atoms with van der Waals surface area (Å²) in [5.74, 6) is 0.325. The van der Waals surface area contributed by atoms with Crippen molar-refractivity contribution >= 4 is 11.4 Å². The van der Waals surface area contributed by atoms with Gasteiger partial charge in [-0.25, -0.2) is 0 Å². The average molecular weight is 274 g/mol. The molecule has 0 aromatic heterocycles. The highest BCUT2D eigenvalue weighted by atomic mass is 16.6. The molecule has 1 aromatic carbocycles. The van der Waals surface area contributed by atoms with Crippen molar-refractivity contribution in [3.05, 3.63) is 33.9 Å². The van der Waals surface area contributed by atoms with Crippen LogP contribution in [0.3, 0.4) is 0 Å². The Morgan fingerprint density at radius 2 is 2.35 bits per heavy atom. The summed E-state index contributed by atoms with van der Waals surface area (Å²) >= 11 is 0. The predicted octanol–water partition coefficient (Wildman–Crippen LogP) is 0.993. The van der Waals surface area contributed by atoms with E-state index in [9.17, 15) is 10.1 Å². The Morgan fingerprint density at radius 3 is 3.05 bits per heavy atom. The minimum absolute atomic E-state index is 0.00958. The molecule has 1 aromatic rings. The number of hydrogen-bond donors (Lipinski definition) is 2. The second kappa shape index (κ2) is 4.74. The lowest BCUT2D eigenvalue weighted by molar-refractivity contribution is -0.384. The first-order chi connectivity index (χ1) is 9.63. The zero-order chi connectivity index (χ0) is 14.3. The minimum atomic E-state index is -0.544. The molecule has 0 bridgehead atoms. The molecule has 4 unspecified atom stereocenters. The van der Waals surface area contributed by atoms with Crippen LogP contribution in [0, 0.1) is 27.4 Å². The number of anilines is 1. The van der Waals surface area contributed by atoms with Gasteiger partial charge in [-0.2, -0.15) is 5.26 Å². The molecule has 2 fully saturated rings. The Balaban J connectivity index is 1.88. The first kappa shape index (κ1) is 12.8. The molecule has 1 aliphatic carbocycles. The molecule has 3 rings (SSSR count). The SMILES string of the molecule is N#Cc1cccc(NC2C(N)C3CCOC32)c1[N+](=O)[O-]. The summed E-state index contributed by atoms with van der Waals surface area (Å²) in [6, 6.07) is 6.26. The Labute approximate surface area is 115 Å². The fourth-order valence-corrected chi connectivity index (χ4v) is 3.05. The molecular weight excluding hydrogens is 260 g/mol. The van der Waals surface area contributed by atoms with Gasteiger partial charge in [0.1, 0.15) is 17.3 Å². The van der Waals surface area contributed by atoms with Gasteiger partial charge in [-0.3, -0.25) is 10.1 Å². The van der Waals surface area contributed by atoms with Gasteiger partial charge in [-0.15, -0.1) is 0 Å². The predicted molar refractivity (Wildman–Crippen MR) is 71.0 cm³/mol. The van der Waals surface area contributed by atoms with Crippen molar-refractivity contribution in [2.45, 2.75) is 24.6 Å². The van der Waals surface area contributed by atoms with Crippen LogP contribution < -0.4 is 11.1 Å². The Bertz CT molecular complexity index is 598. The number of nitro benzene ring substituents is 1. The van der Waals surface area contributed by atoms with Crippen LogP contribution in [-0.4, -0.2) is 29.7 Å². The van der Waals surface area contributed by atoms with E-state index in [1.54, 1.807) is 12.1 Å². The van der Waals surface area contributed by atoms with Crippen molar-refractivity contribution in [2.24, 2.45) is 11.7 Å². The Morgan fingerprint density at radius 1 is 1.55 bits per heavy atom. The van der Waals surface area contributed by atoms with Crippen LogP contribution in [0.25, 0.3) is 0 Å². The molecule has 20 heavy (non-hydrogen) atoms. The summed E-state index contributed by atoms with van der Waals surface area (Å²) in [6.07, 6.45) is 0.944. The second-order valence-electron chi connectivity index (χ2n) is 5.11. The Hall–Kier alpha value is -2.17. The summed E-state index contributed by atoms with van der Waals surface area (Å²) in [6.45, 7) is 0.682. The number of rotatable bonds is 3. The Kier molecular flexibility index (Phi) is 3.04. The lowest BCUT2D eigenvalue weighted by atomic mass is 9.72. The fourth-order valence-electron chi connectivity index (χ4n) is 3.05. The maximum atomic E-state index is 11.2. The summed E-state index contributed by atoms with van der Waals surface area (Å²) < 4.78 is 5.59. The van der Waals surface area contributed by atoms with Gasteiger partial charge in [-0.05, 0) is 18.6 Å². The van der Waals surface area contributed by atoms with Crippen LogP contribution in [0.5, 0.6) is 0 Å². The smallest absolute Gasteiger partial charge is 0.309 e. The minimum Gasteiger partial charge on any atom is -0.376 e. The molecule has 1 aliphatic heterocycles. The van der Waals surface area contributed by atoms with Crippen LogP contribution in [0.4, 0.5) is 11.4 Å². The third-order valence-corrected chi connectivity index (χ3v) is 4.11. The van der Waals surface area contributed by atoms with E-state index in [-0.39, 0.29) is 29.4 Å². The number of ether oxygens (including phenoxy) is 1. The number of para-hydroxylation sites is 1. The van der Waals surface area contributed by atoms with Gasteiger partial charge in [0, 0.05) is 18.6 Å². The molecule has 7 heteroatoms. The van der Waals surface area contributed by atoms with Crippen LogP contribution in [0.15, 0.2) is 18.2 Å². The molecule has 104 valence electrons. The molecule has 0 radical (unpaired) electrons. The number of nitrogens with two attached hydrogens (primary N) is 1. The third-order valence-electron chi connectivity index (χ3n) is 4.11. The number of hydrogen-bond acceptors (Lipinski definition) is 6. The van der Waals surface area contributed by atoms with Crippen molar-refractivity contribution in [3.8, 4) is 6.07 Å². The lowest BCUT2D eigenvalue weighted by Gasteiger charge is -2.46. The zero-order valence-electron chi connectivity index (χ0n) is 10.7. The number of nitro groups is 1. The zero-order valence-corrected chi connectivity index (χ0v) is 10.7. The van der Waals surface area contributed by atoms with E-state index in [1.165, 1.54) is 6.07 Å². The molecule has 1 saturated heterocycles. The third kappa shape index (κ3) is 1.81. The molecule has 0 spiro atoms. The summed E-state index contributed by atoms with van der Waals surface area (Å²) in [7, 11) is 0. The molecule has 0 amide bonds. The van der Waals surface area contributed by atoms with Crippen molar-refractivity contribution < 1.29 is 9.66 Å². The van der Waals surface area contributed by atoms with Crippen LogP contribution in [0.2, 0.25) is 0 Å². The van der Waals surface area contributed by atoms with Crippen LogP contribution in [-0.2, 0) is 4.74 Å². The lowest BCUT2D eigenvalue weighted by Crippen LogP contribution is -2.65. The van der Waals surface area contributed by atoms with Crippen molar-refractivity contribution in [1.29, 1.82) is 5.26 Å². The van der Waals surface area contributed by atoms with Gasteiger partial charge in [0.25, 0.3) is 0 Å². The maximum absolute atomic E-state index is 11.2. The first-order valence-corrected chi connectivity index (χ1v) is 6.44. The van der Waals surface area contributed by atoms with Gasteiger partial charge in [0.15, 0.2) is 0 Å². The highest BCUT2D eigenvalue weighted by Gasteiger charge is 2.52. The fraction of sp³-hybridized carbons (Fsp3) is 0.462. The normalized spacial score (nSPS) is 31.0. The monoisotopic (exact) mass is 274 g/mol. The number of fused-ring (bicyclic) bond motifs is 1. The maximum Gasteiger partial charge on any atom is 0.309 e. The quantitative estimate of drug-likeness (QED) is 0.627. The van der Waals surface area contributed by atoms with Crippen molar-refractivity contribution in [3.63, 3.8) is 0 Å². The molecule has 1 saturated carbocycles. The first-order valence-electron chi connectivity index (χ1n) is 6.44. The highest BCUT2D eigenvalue weighted by molar-refractivity contribution is 5.69. The van der Waals surface area contributed by atoms with Gasteiger partial charge < -0.3 is 15.8 Å². The molecule has 1 heterocycles. The number of nitrogens with one attached hydrogen (secondary N) is 1. The highest BCUT2D eigenvalue weighted by Crippen LogP contribution is 2.40. The standard InChI is InChI=1S/C13H14N4O3/c14-6-7-2-1-3-9(12(7)17(18)19)16-11-10(15)8-4-5-20-13(8)11/h1-3,8,10-11,13,16H,4-5,15H2. The summed E-state index contributed by atoms with van der Waals surface area (Å²) in [4.78, 5) is 10.6. The van der Waals surface area contributed by atoms with Crippen LogP contribution >= 0.6 is 0 Å². The average Bonchev–Trinajstić information content (AvgIpc) is 2.88. The molecule has 4 atom stereocenters. The number of nitriles is 1. The van der Waals surface area contributed by atoms with E-state index in [0.29, 0.717) is 18.2 Å². The van der Waals surface area contributed by atoms with Gasteiger partial charge >= 0.3 is 5.69 Å². The van der Waals surface area contributed by atoms with E-state index in [1.807, 2.05) is 6.07 Å². The molecule has 7 nitrogen and oxygen atoms in total. The van der Waals surface area contributed by atoms with Gasteiger partial charge in [-0.1, -0.05) is 6.07 Å². The molecule has 3 N–H and O–H groups in total. The molecule has 2 aliphatic rings. The van der Waals surface area contributed by atoms with Gasteiger partial charge in [0.05, 0.1) is 17.1 Å². The van der Waals surface area contributed by atoms with E-state index in [4.69, 9.17) is 15.7 Å². The summed E-state index contributed by atoms with van der Waals surface area (Å²) in [5.41, 5.74) is 6.23. The van der Waals surface area contributed by atoms with E-state index < -0.39 is 4.92 Å². The number of benzene rings is 1. The van der Waals surface area contributed by atoms with Crippen molar-refractivity contribution in [2.75, 3.05) is 11.9 Å². The largest absolute Gasteiger partial charge is 0.376 e. The van der Waals surface area contributed by atoms with Crippen LogP contribution in [0.1, 0.15) is 12.0 Å². The van der Waals surface area contributed by atoms with E-state index in [2.05, 4.69) is 5.32 Å². The number of nitrogens with zero attached hydrogens (tertiary/aromatic N) is 2. The van der Waals surface area contributed by atoms with E-state index in [0.717, 1.165) is 6.42 Å². The topological polar surface area (TPSA) is 114 Å².